The van der Waals surface area contributed by atoms with E-state index in [9.17, 15) is 0 Å². The van der Waals surface area contributed by atoms with E-state index >= 15 is 0 Å². The van der Waals surface area contributed by atoms with Gasteiger partial charge in [-0.25, -0.2) is 0 Å². The maximum Gasteiger partial charge on any atom is 0.0445 e. The van der Waals surface area contributed by atoms with Crippen LogP contribution in [0.5, 0.6) is 0 Å². The van der Waals surface area contributed by atoms with Crippen molar-refractivity contribution in [3.05, 3.63) is 11.6 Å². The van der Waals surface area contributed by atoms with Crippen molar-refractivity contribution in [3.8, 4) is 0 Å². The molecule has 0 aliphatic carbocycles. The van der Waals surface area contributed by atoms with Gasteiger partial charge in [0.25, 0.3) is 0 Å². The first-order valence-electron chi connectivity index (χ1n) is 2.88. The Labute approximate surface area is 49.4 Å². The van der Waals surface area contributed by atoms with Gasteiger partial charge in [0, 0.05) is 13.1 Å². The molecule has 2 heteroatoms. The van der Waals surface area contributed by atoms with E-state index in [1.54, 1.807) is 0 Å². The standard InChI is InChI=1S/C6H11NO/c1-6-3-2-4-7(8)5-6/h3,8H,2,4-5H2,1H3. The Bertz CT molecular complexity index is 109. The lowest BCUT2D eigenvalue weighted by molar-refractivity contribution is -0.0843. The zero-order valence-corrected chi connectivity index (χ0v) is 5.09. The third-order valence-electron chi connectivity index (χ3n) is 1.31. The summed E-state index contributed by atoms with van der Waals surface area (Å²) in [5.74, 6) is 0. The molecule has 0 saturated carbocycles. The van der Waals surface area contributed by atoms with Gasteiger partial charge in [-0.15, -0.1) is 0 Å². The monoisotopic (exact) mass is 113 g/mol. The van der Waals surface area contributed by atoms with E-state index < -0.39 is 0 Å². The van der Waals surface area contributed by atoms with Crippen molar-refractivity contribution in [1.29, 1.82) is 0 Å². The third-order valence-corrected chi connectivity index (χ3v) is 1.31. The molecule has 0 radical (unpaired) electrons. The Morgan fingerprint density at radius 1 is 1.75 bits per heavy atom. The van der Waals surface area contributed by atoms with E-state index in [2.05, 4.69) is 6.08 Å². The summed E-state index contributed by atoms with van der Waals surface area (Å²) < 4.78 is 0. The molecule has 0 aromatic rings. The van der Waals surface area contributed by atoms with Crippen LogP contribution in [0, 0.1) is 0 Å². The van der Waals surface area contributed by atoms with Gasteiger partial charge in [0.05, 0.1) is 0 Å². The van der Waals surface area contributed by atoms with Crippen LogP contribution in [0.4, 0.5) is 0 Å². The van der Waals surface area contributed by atoms with Crippen LogP contribution < -0.4 is 0 Å². The summed E-state index contributed by atoms with van der Waals surface area (Å²) in [5.41, 5.74) is 1.26. The van der Waals surface area contributed by atoms with Gasteiger partial charge in [-0.05, 0) is 13.3 Å². The molecule has 0 fully saturated rings. The summed E-state index contributed by atoms with van der Waals surface area (Å²) >= 11 is 0. The fourth-order valence-electron chi connectivity index (χ4n) is 0.891. The normalized spacial score (nSPS) is 23.0. The minimum absolute atomic E-state index is 0.722. The molecule has 0 aromatic carbocycles. The van der Waals surface area contributed by atoms with Crippen molar-refractivity contribution in [2.75, 3.05) is 13.1 Å². The summed E-state index contributed by atoms with van der Waals surface area (Å²) in [6.07, 6.45) is 3.15. The lowest BCUT2D eigenvalue weighted by atomic mass is 10.2. The number of nitrogens with zero attached hydrogens (tertiary/aromatic N) is 1. The van der Waals surface area contributed by atoms with Gasteiger partial charge < -0.3 is 5.21 Å². The molecular formula is C6H11NO. The second-order valence-electron chi connectivity index (χ2n) is 2.23. The highest BCUT2D eigenvalue weighted by Gasteiger charge is 2.04. The van der Waals surface area contributed by atoms with Gasteiger partial charge in [-0.3, -0.25) is 0 Å². The zero-order chi connectivity index (χ0) is 5.98. The molecule has 2 nitrogen and oxygen atoms in total. The van der Waals surface area contributed by atoms with E-state index in [-0.39, 0.29) is 0 Å². The van der Waals surface area contributed by atoms with Crippen LogP contribution in [-0.4, -0.2) is 23.4 Å². The van der Waals surface area contributed by atoms with Crippen LogP contribution in [-0.2, 0) is 0 Å². The summed E-state index contributed by atoms with van der Waals surface area (Å²) in [6, 6.07) is 0. The van der Waals surface area contributed by atoms with Gasteiger partial charge in [0.2, 0.25) is 0 Å². The fraction of sp³-hybridized carbons (Fsp3) is 0.667. The molecule has 0 saturated heterocycles. The highest BCUT2D eigenvalue weighted by atomic mass is 16.5. The summed E-state index contributed by atoms with van der Waals surface area (Å²) in [7, 11) is 0. The Kier molecular flexibility index (Phi) is 1.65. The topological polar surface area (TPSA) is 23.5 Å². The summed E-state index contributed by atoms with van der Waals surface area (Å²) in [5, 5.41) is 10.2. The molecule has 0 spiro atoms. The molecule has 0 aromatic heterocycles. The van der Waals surface area contributed by atoms with Crippen LogP contribution >= 0.6 is 0 Å². The fourth-order valence-corrected chi connectivity index (χ4v) is 0.891. The number of hydrogen-bond acceptors (Lipinski definition) is 2. The Morgan fingerprint density at radius 3 is 2.88 bits per heavy atom. The second kappa shape index (κ2) is 2.29. The lowest BCUT2D eigenvalue weighted by Gasteiger charge is -2.18. The highest BCUT2D eigenvalue weighted by Crippen LogP contribution is 2.04. The molecule has 1 aliphatic heterocycles. The Morgan fingerprint density at radius 2 is 2.50 bits per heavy atom. The van der Waals surface area contributed by atoms with Crippen molar-refractivity contribution in [2.45, 2.75) is 13.3 Å². The number of rotatable bonds is 0. The molecule has 0 unspecified atom stereocenters. The van der Waals surface area contributed by atoms with Crippen molar-refractivity contribution in [1.82, 2.24) is 5.06 Å². The van der Waals surface area contributed by atoms with E-state index in [0.29, 0.717) is 0 Å². The van der Waals surface area contributed by atoms with E-state index in [1.807, 2.05) is 6.92 Å². The maximum absolute atomic E-state index is 8.87. The van der Waals surface area contributed by atoms with Crippen LogP contribution in [0.3, 0.4) is 0 Å². The minimum atomic E-state index is 0.722. The Balaban J connectivity index is 2.45. The predicted octanol–water partition coefficient (Wildman–Crippen LogP) is 1.03. The molecular weight excluding hydrogens is 102 g/mol. The molecule has 46 valence electrons. The minimum Gasteiger partial charge on any atom is -0.314 e. The van der Waals surface area contributed by atoms with Gasteiger partial charge in [-0.1, -0.05) is 11.6 Å². The largest absolute Gasteiger partial charge is 0.314 e. The van der Waals surface area contributed by atoms with E-state index in [1.165, 1.54) is 10.6 Å². The first-order chi connectivity index (χ1) is 3.79. The van der Waals surface area contributed by atoms with Crippen LogP contribution in [0.25, 0.3) is 0 Å². The van der Waals surface area contributed by atoms with Crippen molar-refractivity contribution in [3.63, 3.8) is 0 Å². The van der Waals surface area contributed by atoms with Crippen molar-refractivity contribution < 1.29 is 5.21 Å². The first-order valence-corrected chi connectivity index (χ1v) is 2.88. The van der Waals surface area contributed by atoms with Crippen molar-refractivity contribution >= 4 is 0 Å². The van der Waals surface area contributed by atoms with Crippen LogP contribution in [0.2, 0.25) is 0 Å². The molecule has 1 aliphatic rings. The SMILES string of the molecule is CC1=CCCN(O)C1. The summed E-state index contributed by atoms with van der Waals surface area (Å²) in [4.78, 5) is 0. The molecule has 0 atom stereocenters. The van der Waals surface area contributed by atoms with Gasteiger partial charge in [-0.2, -0.15) is 5.06 Å². The molecule has 0 amide bonds. The van der Waals surface area contributed by atoms with Gasteiger partial charge in [0.1, 0.15) is 0 Å². The predicted molar refractivity (Wildman–Crippen MR) is 31.7 cm³/mol. The maximum atomic E-state index is 8.87. The Hall–Kier alpha value is -0.340. The molecule has 1 N–H and O–H groups in total. The smallest absolute Gasteiger partial charge is 0.0445 e. The lowest BCUT2D eigenvalue weighted by Crippen LogP contribution is -2.25. The van der Waals surface area contributed by atoms with Crippen molar-refractivity contribution in [2.24, 2.45) is 0 Å². The third kappa shape index (κ3) is 1.32. The van der Waals surface area contributed by atoms with Crippen LogP contribution in [0.1, 0.15) is 13.3 Å². The van der Waals surface area contributed by atoms with Crippen LogP contribution in [0.15, 0.2) is 11.6 Å². The quantitative estimate of drug-likeness (QED) is 0.474. The van der Waals surface area contributed by atoms with E-state index in [0.717, 1.165) is 19.5 Å². The van der Waals surface area contributed by atoms with Gasteiger partial charge in [0.15, 0.2) is 0 Å². The van der Waals surface area contributed by atoms with E-state index in [4.69, 9.17) is 5.21 Å². The molecule has 1 rings (SSSR count). The summed E-state index contributed by atoms with van der Waals surface area (Å²) in [6.45, 7) is 3.54. The average Bonchev–Trinajstić information content (AvgIpc) is 1.64. The second-order valence-corrected chi connectivity index (χ2v) is 2.23. The highest BCUT2D eigenvalue weighted by molar-refractivity contribution is 5.02. The molecule has 1 heterocycles. The average molecular weight is 113 g/mol. The number of hydroxylamine groups is 2. The molecule has 0 bridgehead atoms. The number of hydrogen-bond donors (Lipinski definition) is 1. The molecule has 8 heavy (non-hydrogen) atoms. The zero-order valence-electron chi connectivity index (χ0n) is 5.09. The first kappa shape index (κ1) is 5.79. The van der Waals surface area contributed by atoms with Gasteiger partial charge >= 0.3 is 0 Å².